The maximum Gasteiger partial charge on any atom is 0.310 e. The predicted octanol–water partition coefficient (Wildman–Crippen LogP) is 2.27. The highest BCUT2D eigenvalue weighted by molar-refractivity contribution is 7.99. The number of carboxylic acid groups (broad SMARTS) is 1. The van der Waals surface area contributed by atoms with Crippen LogP contribution in [0.3, 0.4) is 0 Å². The minimum atomic E-state index is -2.72. The topological polar surface area (TPSA) is 63.6 Å². The number of fused-ring (bicyclic) bond motifs is 2. The van der Waals surface area contributed by atoms with E-state index < -0.39 is 36.8 Å². The smallest absolute Gasteiger partial charge is 0.310 e. The number of rotatable bonds is 6. The van der Waals surface area contributed by atoms with Crippen LogP contribution in [-0.4, -0.2) is 41.1 Å². The molecule has 4 nitrogen and oxygen atoms in total. The van der Waals surface area contributed by atoms with Crippen molar-refractivity contribution in [1.82, 2.24) is 0 Å². The zero-order chi connectivity index (χ0) is 14.9. The Hall–Kier alpha value is -0.850. The van der Waals surface area contributed by atoms with Crippen LogP contribution < -0.4 is 0 Å². The molecule has 20 heavy (non-hydrogen) atoms. The number of hydrogen-bond acceptors (Lipinski definition) is 4. The van der Waals surface area contributed by atoms with Gasteiger partial charge >= 0.3 is 11.9 Å². The number of thioether (sulfide) groups is 1. The molecule has 0 aromatic heterocycles. The van der Waals surface area contributed by atoms with Crippen LogP contribution in [0.15, 0.2) is 0 Å². The zero-order valence-electron chi connectivity index (χ0n) is 11.1. The van der Waals surface area contributed by atoms with Gasteiger partial charge in [0, 0.05) is 5.25 Å². The number of carboxylic acids is 1. The van der Waals surface area contributed by atoms with Crippen LogP contribution in [0.5, 0.6) is 0 Å². The molecular formula is C13H18F2O4S. The number of ether oxygens (including phenoxy) is 1. The van der Waals surface area contributed by atoms with Crippen LogP contribution >= 0.6 is 11.8 Å². The lowest BCUT2D eigenvalue weighted by Crippen LogP contribution is -2.40. The Labute approximate surface area is 120 Å². The highest BCUT2D eigenvalue weighted by atomic mass is 32.2. The molecule has 2 saturated carbocycles. The predicted molar refractivity (Wildman–Crippen MR) is 69.7 cm³/mol. The van der Waals surface area contributed by atoms with Crippen molar-refractivity contribution in [3.05, 3.63) is 0 Å². The van der Waals surface area contributed by atoms with E-state index in [-0.39, 0.29) is 17.1 Å². The molecule has 0 radical (unpaired) electrons. The lowest BCUT2D eigenvalue weighted by atomic mass is 9.79. The Morgan fingerprint density at radius 3 is 2.60 bits per heavy atom. The second-order valence-electron chi connectivity index (χ2n) is 5.30. The van der Waals surface area contributed by atoms with Crippen LogP contribution in [0.2, 0.25) is 0 Å². The van der Waals surface area contributed by atoms with Gasteiger partial charge in [0.2, 0.25) is 0 Å². The quantitative estimate of drug-likeness (QED) is 0.763. The number of hydrogen-bond donors (Lipinski definition) is 1. The van der Waals surface area contributed by atoms with Gasteiger partial charge in [-0.3, -0.25) is 9.59 Å². The number of alkyl halides is 2. The second kappa shape index (κ2) is 6.28. The van der Waals surface area contributed by atoms with E-state index in [9.17, 15) is 23.5 Å². The van der Waals surface area contributed by atoms with Gasteiger partial charge in [0.15, 0.2) is 6.61 Å². The standard InChI is InChI=1S/C13H18F2O4S/c1-2-20-8-4-6-3-7(8)11(10(6)12(16)17)13(18)19-5-9(14)15/h6-11H,2-5H2,1H3,(H,16,17). The van der Waals surface area contributed by atoms with Crippen molar-refractivity contribution in [2.24, 2.45) is 23.7 Å². The highest BCUT2D eigenvalue weighted by Gasteiger charge is 2.58. The van der Waals surface area contributed by atoms with Gasteiger partial charge in [-0.05, 0) is 30.4 Å². The average Bonchev–Trinajstić information content (AvgIpc) is 2.93. The summed E-state index contributed by atoms with van der Waals surface area (Å²) in [6.45, 7) is 1.06. The molecule has 0 amide bonds. The fraction of sp³-hybridized carbons (Fsp3) is 0.846. The molecule has 2 fully saturated rings. The third-order valence-corrected chi connectivity index (χ3v) is 5.54. The molecule has 7 heteroatoms. The van der Waals surface area contributed by atoms with Crippen LogP contribution in [0.1, 0.15) is 19.8 Å². The van der Waals surface area contributed by atoms with Gasteiger partial charge in [0.05, 0.1) is 11.8 Å². The molecule has 0 spiro atoms. The molecular weight excluding hydrogens is 290 g/mol. The summed E-state index contributed by atoms with van der Waals surface area (Å²) in [5, 5.41) is 9.53. The van der Waals surface area contributed by atoms with Crippen molar-refractivity contribution in [2.45, 2.75) is 31.4 Å². The van der Waals surface area contributed by atoms with Gasteiger partial charge in [0.1, 0.15) is 0 Å². The molecule has 114 valence electrons. The summed E-state index contributed by atoms with van der Waals surface area (Å²) in [6.07, 6.45) is -1.25. The first-order valence-electron chi connectivity index (χ1n) is 6.74. The molecule has 2 aliphatic carbocycles. The van der Waals surface area contributed by atoms with Crippen molar-refractivity contribution < 1.29 is 28.2 Å². The Balaban J connectivity index is 2.09. The fourth-order valence-corrected chi connectivity index (χ4v) is 4.96. The molecule has 0 heterocycles. The summed E-state index contributed by atoms with van der Waals surface area (Å²) < 4.78 is 28.8. The second-order valence-corrected chi connectivity index (χ2v) is 6.82. The summed E-state index contributed by atoms with van der Waals surface area (Å²) in [6, 6.07) is 0. The normalized spacial score (nSPS) is 35.5. The summed E-state index contributed by atoms with van der Waals surface area (Å²) in [5.41, 5.74) is 0. The lowest BCUT2D eigenvalue weighted by Gasteiger charge is -2.31. The molecule has 0 aromatic carbocycles. The van der Waals surface area contributed by atoms with Crippen LogP contribution in [-0.2, 0) is 14.3 Å². The number of halogens is 2. The summed E-state index contributed by atoms with van der Waals surface area (Å²) in [5.74, 6) is -2.54. The number of aliphatic carboxylic acids is 1. The first kappa shape index (κ1) is 15.5. The monoisotopic (exact) mass is 308 g/mol. The molecule has 2 bridgehead atoms. The molecule has 2 aliphatic rings. The average molecular weight is 308 g/mol. The summed E-state index contributed by atoms with van der Waals surface area (Å²) in [7, 11) is 0. The van der Waals surface area contributed by atoms with E-state index in [0.29, 0.717) is 6.42 Å². The largest absolute Gasteiger partial charge is 0.481 e. The van der Waals surface area contributed by atoms with E-state index in [2.05, 4.69) is 4.74 Å². The third-order valence-electron chi connectivity index (χ3n) is 4.23. The van der Waals surface area contributed by atoms with Gasteiger partial charge in [-0.25, -0.2) is 8.78 Å². The van der Waals surface area contributed by atoms with E-state index in [4.69, 9.17) is 0 Å². The maximum absolute atomic E-state index is 12.1. The highest BCUT2D eigenvalue weighted by Crippen LogP contribution is 2.56. The van der Waals surface area contributed by atoms with E-state index in [1.54, 1.807) is 11.8 Å². The van der Waals surface area contributed by atoms with Crippen LogP contribution in [0, 0.1) is 23.7 Å². The third kappa shape index (κ3) is 2.92. The molecule has 5 unspecified atom stereocenters. The van der Waals surface area contributed by atoms with Gasteiger partial charge in [-0.2, -0.15) is 11.8 Å². The van der Waals surface area contributed by atoms with Gasteiger partial charge in [-0.15, -0.1) is 0 Å². The molecule has 5 atom stereocenters. The van der Waals surface area contributed by atoms with Crippen molar-refractivity contribution in [3.63, 3.8) is 0 Å². The maximum atomic E-state index is 12.1. The zero-order valence-corrected chi connectivity index (χ0v) is 11.9. The van der Waals surface area contributed by atoms with Gasteiger partial charge in [-0.1, -0.05) is 6.92 Å². The number of carbonyl (C=O) groups excluding carboxylic acids is 1. The lowest BCUT2D eigenvalue weighted by molar-refractivity contribution is -0.162. The van der Waals surface area contributed by atoms with E-state index >= 15 is 0 Å². The van der Waals surface area contributed by atoms with Gasteiger partial charge < -0.3 is 9.84 Å². The molecule has 0 saturated heterocycles. The fourth-order valence-electron chi connectivity index (χ4n) is 3.63. The first-order chi connectivity index (χ1) is 9.45. The SMILES string of the molecule is CCSC1CC2CC1C(C(=O)OCC(F)F)C2C(=O)O. The molecule has 0 aliphatic heterocycles. The van der Waals surface area contributed by atoms with E-state index in [1.807, 2.05) is 6.92 Å². The minimum absolute atomic E-state index is 0.0364. The molecule has 1 N–H and O–H groups in total. The van der Waals surface area contributed by atoms with Gasteiger partial charge in [0.25, 0.3) is 6.43 Å². The Bertz CT molecular complexity index is 391. The van der Waals surface area contributed by atoms with Crippen molar-refractivity contribution in [3.8, 4) is 0 Å². The molecule has 0 aromatic rings. The minimum Gasteiger partial charge on any atom is -0.481 e. The Morgan fingerprint density at radius 1 is 1.35 bits per heavy atom. The van der Waals surface area contributed by atoms with Crippen molar-refractivity contribution >= 4 is 23.7 Å². The summed E-state index contributed by atoms with van der Waals surface area (Å²) >= 11 is 1.71. The Morgan fingerprint density at radius 2 is 2.05 bits per heavy atom. The van der Waals surface area contributed by atoms with Crippen LogP contribution in [0.25, 0.3) is 0 Å². The number of esters is 1. The van der Waals surface area contributed by atoms with Crippen molar-refractivity contribution in [1.29, 1.82) is 0 Å². The van der Waals surface area contributed by atoms with Crippen molar-refractivity contribution in [2.75, 3.05) is 12.4 Å². The Kier molecular flexibility index (Phi) is 4.88. The summed E-state index contributed by atoms with van der Waals surface area (Å²) in [4.78, 5) is 23.3. The molecule has 2 rings (SSSR count). The first-order valence-corrected chi connectivity index (χ1v) is 7.79. The number of carbonyl (C=O) groups is 2. The van der Waals surface area contributed by atoms with Crippen LogP contribution in [0.4, 0.5) is 8.78 Å². The van der Waals surface area contributed by atoms with E-state index in [1.165, 1.54) is 0 Å². The van der Waals surface area contributed by atoms with E-state index in [0.717, 1.165) is 12.2 Å².